The van der Waals surface area contributed by atoms with Gasteiger partial charge < -0.3 is 4.90 Å². The maximum absolute atomic E-state index is 4.71. The fourth-order valence-electron chi connectivity index (χ4n) is 4.39. The number of fused-ring (bicyclic) bond motifs is 1. The number of rotatable bonds is 6. The third kappa shape index (κ3) is 4.24. The minimum atomic E-state index is 0.840. The van der Waals surface area contributed by atoms with E-state index in [0.29, 0.717) is 0 Å². The summed E-state index contributed by atoms with van der Waals surface area (Å²) >= 11 is 0. The lowest BCUT2D eigenvalue weighted by Crippen LogP contribution is -2.11. The Hall–Kier alpha value is -3.92. The van der Waals surface area contributed by atoms with E-state index in [4.69, 9.17) is 4.98 Å². The summed E-state index contributed by atoms with van der Waals surface area (Å²) < 4.78 is 2.14. The number of nitrogens with zero attached hydrogens (tertiary/aromatic N) is 4. The molecular formula is C29H28N4. The summed E-state index contributed by atoms with van der Waals surface area (Å²) in [5, 5.41) is 0. The van der Waals surface area contributed by atoms with Crippen molar-refractivity contribution < 1.29 is 0 Å². The molecule has 3 aromatic carbocycles. The van der Waals surface area contributed by atoms with Crippen molar-refractivity contribution in [1.82, 2.24) is 14.4 Å². The molecule has 5 rings (SSSR count). The zero-order chi connectivity index (χ0) is 22.8. The van der Waals surface area contributed by atoms with Crippen LogP contribution in [0.1, 0.15) is 16.8 Å². The number of hydrogen-bond donors (Lipinski definition) is 0. The molecular weight excluding hydrogens is 404 g/mol. The monoisotopic (exact) mass is 432 g/mol. The van der Waals surface area contributed by atoms with Gasteiger partial charge in [0.1, 0.15) is 0 Å². The van der Waals surface area contributed by atoms with Crippen LogP contribution in [0.3, 0.4) is 0 Å². The van der Waals surface area contributed by atoms with Crippen molar-refractivity contribution in [3.8, 4) is 22.4 Å². The zero-order valence-corrected chi connectivity index (χ0v) is 19.4. The molecule has 0 atom stereocenters. The van der Waals surface area contributed by atoms with Crippen LogP contribution in [-0.4, -0.2) is 28.5 Å². The molecule has 5 aromatic rings. The van der Waals surface area contributed by atoms with Crippen molar-refractivity contribution in [2.24, 2.45) is 0 Å². The Kier molecular flexibility index (Phi) is 5.66. The average Bonchev–Trinajstić information content (AvgIpc) is 3.28. The van der Waals surface area contributed by atoms with E-state index in [2.05, 4.69) is 102 Å². The highest BCUT2D eigenvalue weighted by atomic mass is 15.1. The van der Waals surface area contributed by atoms with E-state index in [9.17, 15) is 0 Å². The lowest BCUT2D eigenvalue weighted by molar-refractivity contribution is 0.901. The molecule has 0 aliphatic rings. The predicted octanol–water partition coefficient (Wildman–Crippen LogP) is 6.22. The quantitative estimate of drug-likeness (QED) is 0.319. The van der Waals surface area contributed by atoms with Crippen molar-refractivity contribution in [3.63, 3.8) is 0 Å². The van der Waals surface area contributed by atoms with Gasteiger partial charge in [0.25, 0.3) is 0 Å². The van der Waals surface area contributed by atoms with E-state index >= 15 is 0 Å². The molecule has 164 valence electrons. The fraction of sp³-hybridized carbons (Fsp3) is 0.172. The normalized spacial score (nSPS) is 11.1. The summed E-state index contributed by atoms with van der Waals surface area (Å²) in [5.74, 6) is 0. The summed E-state index contributed by atoms with van der Waals surface area (Å²) in [4.78, 5) is 11.6. The molecule has 0 aliphatic carbocycles. The molecule has 0 saturated heterocycles. The summed E-state index contributed by atoms with van der Waals surface area (Å²) in [6.45, 7) is 2.14. The van der Waals surface area contributed by atoms with Gasteiger partial charge in [-0.3, -0.25) is 9.38 Å². The molecule has 0 spiro atoms. The second-order valence-electron chi connectivity index (χ2n) is 8.69. The highest BCUT2D eigenvalue weighted by Crippen LogP contribution is 2.32. The molecule has 0 fully saturated rings. The molecule has 0 N–H and O–H groups in total. The van der Waals surface area contributed by atoms with Crippen LogP contribution in [0.5, 0.6) is 0 Å². The Morgan fingerprint density at radius 2 is 1.64 bits per heavy atom. The largest absolute Gasteiger partial charge is 0.377 e. The molecule has 0 saturated carbocycles. The third-order valence-electron chi connectivity index (χ3n) is 6.09. The van der Waals surface area contributed by atoms with E-state index in [-0.39, 0.29) is 0 Å². The van der Waals surface area contributed by atoms with Gasteiger partial charge in [-0.25, -0.2) is 4.98 Å². The van der Waals surface area contributed by atoms with Crippen molar-refractivity contribution in [1.29, 1.82) is 0 Å². The first kappa shape index (κ1) is 21.0. The first-order valence-corrected chi connectivity index (χ1v) is 11.3. The highest BCUT2D eigenvalue weighted by molar-refractivity contribution is 5.79. The van der Waals surface area contributed by atoms with Crippen LogP contribution in [-0.2, 0) is 12.8 Å². The molecule has 4 nitrogen and oxygen atoms in total. The standard InChI is InChI=1S/C29H28N4/c1-21-8-7-11-24(18-21)25-14-12-22(19-27(25)32(2)3)13-15-26-29-31-20-28(33(29)17-16-30-26)23-9-5-4-6-10-23/h4-12,14,16-20H,13,15H2,1-3H3. The van der Waals surface area contributed by atoms with E-state index in [1.165, 1.54) is 27.9 Å². The van der Waals surface area contributed by atoms with Crippen molar-refractivity contribution >= 4 is 11.3 Å². The zero-order valence-electron chi connectivity index (χ0n) is 19.4. The summed E-state index contributed by atoms with van der Waals surface area (Å²) in [7, 11) is 4.21. The molecule has 0 unspecified atom stereocenters. The van der Waals surface area contributed by atoms with E-state index in [1.807, 2.05) is 24.7 Å². The van der Waals surface area contributed by atoms with Gasteiger partial charge in [0.15, 0.2) is 5.65 Å². The van der Waals surface area contributed by atoms with E-state index in [1.54, 1.807) is 0 Å². The topological polar surface area (TPSA) is 33.4 Å². The molecule has 0 radical (unpaired) electrons. The smallest absolute Gasteiger partial charge is 0.159 e. The number of hydrogen-bond acceptors (Lipinski definition) is 3. The van der Waals surface area contributed by atoms with Crippen LogP contribution in [0.15, 0.2) is 91.4 Å². The first-order chi connectivity index (χ1) is 16.1. The lowest BCUT2D eigenvalue weighted by Gasteiger charge is -2.19. The minimum Gasteiger partial charge on any atom is -0.377 e. The Morgan fingerprint density at radius 3 is 2.42 bits per heavy atom. The van der Waals surface area contributed by atoms with Crippen LogP contribution in [0.25, 0.3) is 28.0 Å². The molecule has 2 heterocycles. The van der Waals surface area contributed by atoms with Crippen LogP contribution >= 0.6 is 0 Å². The number of imidazole rings is 1. The summed E-state index contributed by atoms with van der Waals surface area (Å²) in [5.41, 5.74) is 10.5. The van der Waals surface area contributed by atoms with Gasteiger partial charge in [-0.05, 0) is 37.0 Å². The fourth-order valence-corrected chi connectivity index (χ4v) is 4.39. The lowest BCUT2D eigenvalue weighted by atomic mass is 9.97. The molecule has 2 aromatic heterocycles. The van der Waals surface area contributed by atoms with Gasteiger partial charge in [-0.1, -0.05) is 72.3 Å². The minimum absolute atomic E-state index is 0.840. The van der Waals surface area contributed by atoms with E-state index in [0.717, 1.165) is 35.4 Å². The molecule has 0 aliphatic heterocycles. The maximum atomic E-state index is 4.71. The molecule has 0 amide bonds. The Morgan fingerprint density at radius 1 is 0.818 bits per heavy atom. The molecule has 0 bridgehead atoms. The van der Waals surface area contributed by atoms with Crippen LogP contribution in [0.2, 0.25) is 0 Å². The molecule has 4 heteroatoms. The van der Waals surface area contributed by atoms with Crippen LogP contribution < -0.4 is 4.90 Å². The van der Waals surface area contributed by atoms with Gasteiger partial charge in [0, 0.05) is 43.3 Å². The van der Waals surface area contributed by atoms with Crippen molar-refractivity contribution in [3.05, 3.63) is 108 Å². The third-order valence-corrected chi connectivity index (χ3v) is 6.09. The Bertz CT molecular complexity index is 1400. The van der Waals surface area contributed by atoms with Gasteiger partial charge in [-0.15, -0.1) is 0 Å². The number of aryl methyl sites for hydroxylation is 3. The summed E-state index contributed by atoms with van der Waals surface area (Å²) in [6.07, 6.45) is 7.56. The predicted molar refractivity (Wildman–Crippen MR) is 137 cm³/mol. The molecule has 33 heavy (non-hydrogen) atoms. The second-order valence-corrected chi connectivity index (χ2v) is 8.69. The SMILES string of the molecule is Cc1cccc(-c2ccc(CCc3nccn4c(-c5ccccc5)cnc34)cc2N(C)C)c1. The maximum Gasteiger partial charge on any atom is 0.159 e. The van der Waals surface area contributed by atoms with E-state index < -0.39 is 0 Å². The van der Waals surface area contributed by atoms with Gasteiger partial charge in [0.05, 0.1) is 17.6 Å². The Labute approximate surface area is 195 Å². The van der Waals surface area contributed by atoms with Crippen molar-refractivity contribution in [2.45, 2.75) is 19.8 Å². The summed E-state index contributed by atoms with van der Waals surface area (Å²) in [6, 6.07) is 25.9. The van der Waals surface area contributed by atoms with Crippen LogP contribution in [0, 0.1) is 6.92 Å². The highest BCUT2D eigenvalue weighted by Gasteiger charge is 2.12. The second kappa shape index (κ2) is 8.91. The first-order valence-electron chi connectivity index (χ1n) is 11.3. The number of anilines is 1. The van der Waals surface area contributed by atoms with Gasteiger partial charge in [0.2, 0.25) is 0 Å². The van der Waals surface area contributed by atoms with Crippen molar-refractivity contribution in [2.75, 3.05) is 19.0 Å². The number of benzene rings is 3. The van der Waals surface area contributed by atoms with Crippen LogP contribution in [0.4, 0.5) is 5.69 Å². The average molecular weight is 433 g/mol. The number of aromatic nitrogens is 3. The van der Waals surface area contributed by atoms with Gasteiger partial charge in [-0.2, -0.15) is 0 Å². The van der Waals surface area contributed by atoms with Gasteiger partial charge >= 0.3 is 0 Å². The Balaban J connectivity index is 1.43.